The third-order valence-corrected chi connectivity index (χ3v) is 6.19. The summed E-state index contributed by atoms with van der Waals surface area (Å²) in [4.78, 5) is 25.4. The van der Waals surface area contributed by atoms with Crippen LogP contribution >= 0.6 is 0 Å². The molecule has 1 saturated heterocycles. The first kappa shape index (κ1) is 20.0. The Morgan fingerprint density at radius 3 is 2.54 bits per heavy atom. The van der Waals surface area contributed by atoms with Crippen molar-refractivity contribution in [3.05, 3.63) is 48.0 Å². The number of esters is 1. The second-order valence-electron chi connectivity index (χ2n) is 6.22. The highest BCUT2D eigenvalue weighted by molar-refractivity contribution is 7.89. The monoisotopic (exact) mass is 410 g/mol. The largest absolute Gasteiger partial charge is 0.452 e. The summed E-state index contributed by atoms with van der Waals surface area (Å²) in [5, 5.41) is 3.85. The van der Waals surface area contributed by atoms with Gasteiger partial charge in [-0.2, -0.15) is 9.40 Å². The fourth-order valence-corrected chi connectivity index (χ4v) is 4.24. The normalized spacial score (nSPS) is 15.4. The van der Waals surface area contributed by atoms with Crippen LogP contribution in [0.1, 0.15) is 10.4 Å². The van der Waals surface area contributed by atoms with Gasteiger partial charge in [0, 0.05) is 39.4 Å². The number of nitrogens with zero attached hydrogens (tertiary/aromatic N) is 4. The Hall–Kier alpha value is -2.79. The van der Waals surface area contributed by atoms with Crippen LogP contribution in [-0.4, -0.2) is 72.1 Å². The number of benzene rings is 1. The van der Waals surface area contributed by atoms with Crippen LogP contribution in [0.2, 0.25) is 0 Å². The number of halogens is 1. The van der Waals surface area contributed by atoms with Crippen molar-refractivity contribution in [1.82, 2.24) is 19.0 Å². The van der Waals surface area contributed by atoms with Crippen LogP contribution in [0.25, 0.3) is 0 Å². The fraction of sp³-hybridized carbons (Fsp3) is 0.353. The lowest BCUT2D eigenvalue weighted by Crippen LogP contribution is -2.51. The molecule has 2 heterocycles. The second-order valence-corrected chi connectivity index (χ2v) is 8.16. The van der Waals surface area contributed by atoms with Crippen molar-refractivity contribution in [1.29, 1.82) is 0 Å². The van der Waals surface area contributed by atoms with E-state index in [0.717, 1.165) is 6.07 Å². The Morgan fingerprint density at radius 1 is 1.21 bits per heavy atom. The van der Waals surface area contributed by atoms with Gasteiger partial charge in [0.05, 0.1) is 16.7 Å². The van der Waals surface area contributed by atoms with Gasteiger partial charge in [-0.3, -0.25) is 9.48 Å². The van der Waals surface area contributed by atoms with E-state index in [0.29, 0.717) is 0 Å². The average Bonchev–Trinajstić information content (AvgIpc) is 3.12. The Morgan fingerprint density at radius 2 is 1.93 bits per heavy atom. The summed E-state index contributed by atoms with van der Waals surface area (Å²) in [6, 6.07) is 4.79. The van der Waals surface area contributed by atoms with Crippen LogP contribution in [0, 0.1) is 5.82 Å². The Labute approximate surface area is 161 Å². The molecule has 0 unspecified atom stereocenters. The number of amides is 1. The first-order valence-corrected chi connectivity index (χ1v) is 9.90. The second kappa shape index (κ2) is 8.07. The van der Waals surface area contributed by atoms with E-state index >= 15 is 0 Å². The SMILES string of the molecule is Cn1cc(C(=O)OCC(=O)N2CCN(S(=O)(=O)c3cccc(F)c3)CC2)cn1. The maximum Gasteiger partial charge on any atom is 0.341 e. The molecule has 0 spiro atoms. The topological polar surface area (TPSA) is 102 Å². The molecule has 1 aromatic carbocycles. The number of sulfonamides is 1. The van der Waals surface area contributed by atoms with E-state index in [1.54, 1.807) is 7.05 Å². The molecular weight excluding hydrogens is 391 g/mol. The first-order chi connectivity index (χ1) is 13.3. The maximum absolute atomic E-state index is 13.3. The van der Waals surface area contributed by atoms with Gasteiger partial charge in [-0.25, -0.2) is 17.6 Å². The van der Waals surface area contributed by atoms with Crippen molar-refractivity contribution in [2.45, 2.75) is 4.90 Å². The molecule has 11 heteroatoms. The van der Waals surface area contributed by atoms with Gasteiger partial charge < -0.3 is 9.64 Å². The van der Waals surface area contributed by atoms with E-state index in [2.05, 4.69) is 5.10 Å². The lowest BCUT2D eigenvalue weighted by atomic mass is 10.3. The van der Waals surface area contributed by atoms with Crippen molar-refractivity contribution in [2.24, 2.45) is 7.05 Å². The standard InChI is InChI=1S/C17H19FN4O5S/c1-20-11-13(10-19-20)17(24)27-12-16(23)21-5-7-22(8-6-21)28(25,26)15-4-2-3-14(18)9-15/h2-4,9-11H,5-8,12H2,1H3. The highest BCUT2D eigenvalue weighted by Crippen LogP contribution is 2.18. The van der Waals surface area contributed by atoms with Crippen LogP contribution in [0.15, 0.2) is 41.6 Å². The third-order valence-electron chi connectivity index (χ3n) is 4.29. The molecule has 1 aromatic heterocycles. The predicted molar refractivity (Wildman–Crippen MR) is 95.2 cm³/mol. The summed E-state index contributed by atoms with van der Waals surface area (Å²) >= 11 is 0. The molecule has 0 atom stereocenters. The summed E-state index contributed by atoms with van der Waals surface area (Å²) in [5.41, 5.74) is 0.237. The van der Waals surface area contributed by atoms with E-state index in [1.807, 2.05) is 0 Å². The van der Waals surface area contributed by atoms with E-state index in [4.69, 9.17) is 4.74 Å². The van der Waals surface area contributed by atoms with Crippen molar-refractivity contribution in [3.8, 4) is 0 Å². The smallest absolute Gasteiger partial charge is 0.341 e. The molecule has 0 radical (unpaired) electrons. The van der Waals surface area contributed by atoms with Gasteiger partial charge in [-0.05, 0) is 18.2 Å². The number of hydrogen-bond donors (Lipinski definition) is 0. The van der Waals surface area contributed by atoms with E-state index < -0.39 is 34.3 Å². The number of rotatable bonds is 5. The molecule has 1 aliphatic rings. The highest BCUT2D eigenvalue weighted by atomic mass is 32.2. The molecule has 1 aliphatic heterocycles. The molecule has 28 heavy (non-hydrogen) atoms. The van der Waals surface area contributed by atoms with Crippen LogP contribution in [0.3, 0.4) is 0 Å². The summed E-state index contributed by atoms with van der Waals surface area (Å²) in [5.74, 6) is -1.71. The molecule has 0 bridgehead atoms. The summed E-state index contributed by atoms with van der Waals surface area (Å²) in [7, 11) is -2.18. The first-order valence-electron chi connectivity index (χ1n) is 8.46. The highest BCUT2D eigenvalue weighted by Gasteiger charge is 2.30. The number of carbonyl (C=O) groups excluding carboxylic acids is 2. The van der Waals surface area contributed by atoms with Crippen molar-refractivity contribution in [2.75, 3.05) is 32.8 Å². The van der Waals surface area contributed by atoms with Gasteiger partial charge in [0.2, 0.25) is 10.0 Å². The van der Waals surface area contributed by atoms with E-state index in [1.165, 1.54) is 44.5 Å². The molecule has 0 saturated carbocycles. The number of aromatic nitrogens is 2. The summed E-state index contributed by atoms with van der Waals surface area (Å²) in [6.07, 6.45) is 2.81. The van der Waals surface area contributed by atoms with Crippen LogP contribution in [-0.2, 0) is 26.6 Å². The number of carbonyl (C=O) groups is 2. The molecule has 1 amide bonds. The minimum absolute atomic E-state index is 0.0706. The molecule has 2 aromatic rings. The lowest BCUT2D eigenvalue weighted by molar-refractivity contribution is -0.135. The molecule has 0 N–H and O–H groups in total. The quantitative estimate of drug-likeness (QED) is 0.655. The number of ether oxygens (including phenoxy) is 1. The van der Waals surface area contributed by atoms with E-state index in [9.17, 15) is 22.4 Å². The predicted octanol–water partition coefficient (Wildman–Crippen LogP) is 0.249. The Kier molecular flexibility index (Phi) is 5.75. The van der Waals surface area contributed by atoms with Gasteiger partial charge in [0.25, 0.3) is 5.91 Å². The molecule has 150 valence electrons. The van der Waals surface area contributed by atoms with Gasteiger partial charge in [0.15, 0.2) is 6.61 Å². The zero-order valence-corrected chi connectivity index (χ0v) is 15.9. The van der Waals surface area contributed by atoms with Crippen LogP contribution in [0.4, 0.5) is 4.39 Å². The maximum atomic E-state index is 13.3. The third kappa shape index (κ3) is 4.37. The lowest BCUT2D eigenvalue weighted by Gasteiger charge is -2.33. The number of hydrogen-bond acceptors (Lipinski definition) is 6. The number of piperazine rings is 1. The molecule has 0 aliphatic carbocycles. The van der Waals surface area contributed by atoms with Gasteiger partial charge in [-0.15, -0.1) is 0 Å². The summed E-state index contributed by atoms with van der Waals surface area (Å²) in [6.45, 7) is 0.00228. The van der Waals surface area contributed by atoms with Crippen LogP contribution < -0.4 is 0 Å². The summed E-state index contributed by atoms with van der Waals surface area (Å²) < 4.78 is 46.1. The minimum atomic E-state index is -3.83. The van der Waals surface area contributed by atoms with E-state index in [-0.39, 0.29) is 36.6 Å². The zero-order chi connectivity index (χ0) is 20.3. The zero-order valence-electron chi connectivity index (χ0n) is 15.1. The van der Waals surface area contributed by atoms with Crippen molar-refractivity contribution >= 4 is 21.9 Å². The molecule has 1 fully saturated rings. The van der Waals surface area contributed by atoms with Crippen LogP contribution in [0.5, 0.6) is 0 Å². The molecule has 3 rings (SSSR count). The minimum Gasteiger partial charge on any atom is -0.452 e. The van der Waals surface area contributed by atoms with Gasteiger partial charge in [-0.1, -0.05) is 6.07 Å². The van der Waals surface area contributed by atoms with Crippen molar-refractivity contribution in [3.63, 3.8) is 0 Å². The van der Waals surface area contributed by atoms with Crippen molar-refractivity contribution < 1.29 is 27.1 Å². The fourth-order valence-electron chi connectivity index (χ4n) is 2.78. The average molecular weight is 410 g/mol. The van der Waals surface area contributed by atoms with Gasteiger partial charge in [0.1, 0.15) is 5.82 Å². The Balaban J connectivity index is 1.53. The molecule has 9 nitrogen and oxygen atoms in total. The molecular formula is C17H19FN4O5S. The van der Waals surface area contributed by atoms with Gasteiger partial charge >= 0.3 is 5.97 Å². The number of aryl methyl sites for hydroxylation is 1. The Bertz CT molecular complexity index is 983.